The summed E-state index contributed by atoms with van der Waals surface area (Å²) in [7, 11) is 0. The Labute approximate surface area is 117 Å². The Kier molecular flexibility index (Phi) is 3.53. The van der Waals surface area contributed by atoms with Crippen LogP contribution >= 0.6 is 0 Å². The van der Waals surface area contributed by atoms with Crippen molar-refractivity contribution in [2.24, 2.45) is 0 Å². The second kappa shape index (κ2) is 5.33. The van der Waals surface area contributed by atoms with Crippen molar-refractivity contribution >= 4 is 0 Å². The van der Waals surface area contributed by atoms with E-state index in [-0.39, 0.29) is 5.56 Å². The molecule has 104 valence electrons. The van der Waals surface area contributed by atoms with Crippen molar-refractivity contribution in [2.75, 3.05) is 0 Å². The summed E-state index contributed by atoms with van der Waals surface area (Å²) < 4.78 is 27.9. The smallest absolute Gasteiger partial charge is 0.136 e. The van der Waals surface area contributed by atoms with E-state index in [1.54, 1.807) is 19.1 Å². The second-order valence-electron chi connectivity index (χ2n) is 5.41. The molecule has 2 aromatic rings. The maximum absolute atomic E-state index is 14.1. The van der Waals surface area contributed by atoms with Gasteiger partial charge >= 0.3 is 0 Å². The van der Waals surface area contributed by atoms with Crippen LogP contribution in [0.15, 0.2) is 36.4 Å². The summed E-state index contributed by atoms with van der Waals surface area (Å²) >= 11 is 0. The standard InChI is InChI=1S/C17H17F2N/c1-11-2-9-15(18)16(17(11)19)13-5-3-12(4-6-13)10-20-14-7-8-14/h2-6,9,14,20H,7-8,10H2,1H3. The van der Waals surface area contributed by atoms with Crippen LogP contribution in [0.4, 0.5) is 8.78 Å². The molecule has 3 heteroatoms. The first-order valence-corrected chi connectivity index (χ1v) is 6.92. The molecule has 0 aromatic heterocycles. The van der Waals surface area contributed by atoms with Crippen molar-refractivity contribution in [3.8, 4) is 11.1 Å². The molecule has 0 amide bonds. The summed E-state index contributed by atoms with van der Waals surface area (Å²) in [6.07, 6.45) is 2.50. The summed E-state index contributed by atoms with van der Waals surface area (Å²) in [4.78, 5) is 0. The van der Waals surface area contributed by atoms with E-state index in [0.717, 1.165) is 12.1 Å². The van der Waals surface area contributed by atoms with Crippen LogP contribution in [0, 0.1) is 18.6 Å². The number of hydrogen-bond acceptors (Lipinski definition) is 1. The van der Waals surface area contributed by atoms with Crippen LogP contribution in [-0.4, -0.2) is 6.04 Å². The van der Waals surface area contributed by atoms with E-state index in [0.29, 0.717) is 17.2 Å². The Morgan fingerprint density at radius 2 is 1.75 bits per heavy atom. The van der Waals surface area contributed by atoms with Crippen LogP contribution in [0.25, 0.3) is 11.1 Å². The molecule has 1 aliphatic carbocycles. The van der Waals surface area contributed by atoms with Gasteiger partial charge in [-0.15, -0.1) is 0 Å². The fourth-order valence-corrected chi connectivity index (χ4v) is 2.26. The van der Waals surface area contributed by atoms with E-state index in [1.807, 2.05) is 12.1 Å². The highest BCUT2D eigenvalue weighted by Crippen LogP contribution is 2.28. The van der Waals surface area contributed by atoms with E-state index in [4.69, 9.17) is 0 Å². The van der Waals surface area contributed by atoms with Crippen LogP contribution in [0.2, 0.25) is 0 Å². The maximum Gasteiger partial charge on any atom is 0.136 e. The van der Waals surface area contributed by atoms with Crippen molar-refractivity contribution in [3.05, 3.63) is 59.2 Å². The topological polar surface area (TPSA) is 12.0 Å². The molecule has 1 aliphatic rings. The normalized spacial score (nSPS) is 14.6. The van der Waals surface area contributed by atoms with E-state index >= 15 is 0 Å². The van der Waals surface area contributed by atoms with E-state index in [1.165, 1.54) is 25.0 Å². The van der Waals surface area contributed by atoms with Crippen LogP contribution in [0.1, 0.15) is 24.0 Å². The second-order valence-corrected chi connectivity index (χ2v) is 5.41. The molecule has 0 spiro atoms. The third kappa shape index (κ3) is 2.73. The van der Waals surface area contributed by atoms with Gasteiger partial charge in [0.25, 0.3) is 0 Å². The first-order chi connectivity index (χ1) is 9.65. The number of hydrogen-bond donors (Lipinski definition) is 1. The third-order valence-corrected chi connectivity index (χ3v) is 3.70. The summed E-state index contributed by atoms with van der Waals surface area (Å²) in [5, 5.41) is 3.42. The molecule has 0 radical (unpaired) electrons. The van der Waals surface area contributed by atoms with Crippen molar-refractivity contribution in [2.45, 2.75) is 32.4 Å². The predicted octanol–water partition coefficient (Wildman–Crippen LogP) is 4.19. The molecular weight excluding hydrogens is 256 g/mol. The lowest BCUT2D eigenvalue weighted by atomic mass is 10.0. The molecule has 1 saturated carbocycles. The van der Waals surface area contributed by atoms with Crippen LogP contribution in [-0.2, 0) is 6.54 Å². The molecule has 1 fully saturated rings. The molecule has 0 unspecified atom stereocenters. The van der Waals surface area contributed by atoms with Gasteiger partial charge in [-0.3, -0.25) is 0 Å². The van der Waals surface area contributed by atoms with Crippen LogP contribution in [0.3, 0.4) is 0 Å². The zero-order chi connectivity index (χ0) is 14.1. The Morgan fingerprint density at radius 3 is 2.40 bits per heavy atom. The first-order valence-electron chi connectivity index (χ1n) is 6.92. The van der Waals surface area contributed by atoms with Gasteiger partial charge in [-0.05, 0) is 42.5 Å². The van der Waals surface area contributed by atoms with Gasteiger partial charge in [0, 0.05) is 12.6 Å². The highest BCUT2D eigenvalue weighted by Gasteiger charge is 2.20. The summed E-state index contributed by atoms with van der Waals surface area (Å²) in [6, 6.07) is 10.8. The zero-order valence-electron chi connectivity index (χ0n) is 11.4. The minimum atomic E-state index is -0.517. The molecule has 20 heavy (non-hydrogen) atoms. The lowest BCUT2D eigenvalue weighted by Crippen LogP contribution is -2.15. The summed E-state index contributed by atoms with van der Waals surface area (Å²) in [6.45, 7) is 2.45. The Morgan fingerprint density at radius 1 is 1.05 bits per heavy atom. The number of benzene rings is 2. The third-order valence-electron chi connectivity index (χ3n) is 3.70. The van der Waals surface area contributed by atoms with Crippen molar-refractivity contribution < 1.29 is 8.78 Å². The molecule has 0 atom stereocenters. The number of nitrogens with one attached hydrogen (secondary N) is 1. The van der Waals surface area contributed by atoms with Crippen molar-refractivity contribution in [1.82, 2.24) is 5.32 Å². The molecule has 0 aliphatic heterocycles. The van der Waals surface area contributed by atoms with Gasteiger partial charge in [-0.25, -0.2) is 8.78 Å². The zero-order valence-corrected chi connectivity index (χ0v) is 11.4. The summed E-state index contributed by atoms with van der Waals surface area (Å²) in [5.74, 6) is -0.995. The molecule has 0 bridgehead atoms. The minimum Gasteiger partial charge on any atom is -0.310 e. The predicted molar refractivity (Wildman–Crippen MR) is 76.4 cm³/mol. The van der Waals surface area contributed by atoms with Gasteiger partial charge in [0.2, 0.25) is 0 Å². The van der Waals surface area contributed by atoms with Gasteiger partial charge in [-0.2, -0.15) is 0 Å². The number of aryl methyl sites for hydroxylation is 1. The quantitative estimate of drug-likeness (QED) is 0.880. The highest BCUT2D eigenvalue weighted by atomic mass is 19.1. The SMILES string of the molecule is Cc1ccc(F)c(-c2ccc(CNC3CC3)cc2)c1F. The highest BCUT2D eigenvalue weighted by molar-refractivity contribution is 5.66. The minimum absolute atomic E-state index is 0.0618. The lowest BCUT2D eigenvalue weighted by Gasteiger charge is -2.09. The van der Waals surface area contributed by atoms with Crippen molar-refractivity contribution in [3.63, 3.8) is 0 Å². The number of rotatable bonds is 4. The Hall–Kier alpha value is -1.74. The fraction of sp³-hybridized carbons (Fsp3) is 0.294. The molecular formula is C17H17F2N. The monoisotopic (exact) mass is 273 g/mol. The lowest BCUT2D eigenvalue weighted by molar-refractivity contribution is 0.584. The largest absolute Gasteiger partial charge is 0.310 e. The Balaban J connectivity index is 1.85. The van der Waals surface area contributed by atoms with E-state index < -0.39 is 11.6 Å². The molecule has 1 nitrogen and oxygen atoms in total. The Bertz CT molecular complexity index is 616. The fourth-order valence-electron chi connectivity index (χ4n) is 2.26. The average Bonchev–Trinajstić information content (AvgIpc) is 3.27. The van der Waals surface area contributed by atoms with Gasteiger partial charge < -0.3 is 5.32 Å². The van der Waals surface area contributed by atoms with E-state index in [2.05, 4.69) is 5.32 Å². The number of halogens is 2. The van der Waals surface area contributed by atoms with Gasteiger partial charge in [0.05, 0.1) is 5.56 Å². The maximum atomic E-state index is 14.1. The van der Waals surface area contributed by atoms with Gasteiger partial charge in [-0.1, -0.05) is 30.3 Å². The van der Waals surface area contributed by atoms with Crippen molar-refractivity contribution in [1.29, 1.82) is 0 Å². The molecule has 3 rings (SSSR count). The van der Waals surface area contributed by atoms with Gasteiger partial charge in [0.1, 0.15) is 11.6 Å². The van der Waals surface area contributed by atoms with Crippen LogP contribution < -0.4 is 5.32 Å². The molecule has 1 N–H and O–H groups in total. The van der Waals surface area contributed by atoms with E-state index in [9.17, 15) is 8.78 Å². The molecule has 2 aromatic carbocycles. The van der Waals surface area contributed by atoms with Gasteiger partial charge in [0.15, 0.2) is 0 Å². The summed E-state index contributed by atoms with van der Waals surface area (Å²) in [5.41, 5.74) is 2.24. The van der Waals surface area contributed by atoms with Crippen LogP contribution in [0.5, 0.6) is 0 Å². The molecule has 0 saturated heterocycles. The average molecular weight is 273 g/mol. The first kappa shape index (κ1) is 13.3. The molecule has 0 heterocycles.